The fraction of sp³-hybridized carbons (Fsp3) is 0.429. The first kappa shape index (κ1) is 24.9. The number of amides is 2. The van der Waals surface area contributed by atoms with Crippen LogP contribution in [-0.2, 0) is 20.7 Å². The van der Waals surface area contributed by atoms with Gasteiger partial charge in [0.15, 0.2) is 0 Å². The van der Waals surface area contributed by atoms with E-state index in [1.54, 1.807) is 12.0 Å². The van der Waals surface area contributed by atoms with Gasteiger partial charge in [-0.25, -0.2) is 0 Å². The number of nitrogens with one attached hydrogen (secondary N) is 1. The van der Waals surface area contributed by atoms with Crippen molar-refractivity contribution in [3.8, 4) is 0 Å². The molecule has 1 saturated heterocycles. The molecule has 0 bridgehead atoms. The predicted octanol–water partition coefficient (Wildman–Crippen LogP) is 4.44. The highest BCUT2D eigenvalue weighted by Crippen LogP contribution is 2.38. The molecule has 2 aliphatic heterocycles. The molecule has 3 aromatic rings. The Bertz CT molecular complexity index is 1200. The van der Waals surface area contributed by atoms with Gasteiger partial charge in [-0.05, 0) is 69.5 Å². The first-order chi connectivity index (χ1) is 16.8. The van der Waals surface area contributed by atoms with Crippen LogP contribution in [0.15, 0.2) is 42.5 Å². The van der Waals surface area contributed by atoms with Gasteiger partial charge in [0, 0.05) is 42.4 Å². The summed E-state index contributed by atoms with van der Waals surface area (Å²) >= 11 is 0. The SMILES string of the molecule is CCOC.Cc1ccc2[nH]c3c(c2c1)CCN(C=O)C3c1ccc(C(=O)N2COCC2(C)C)cc1. The molecule has 2 aromatic carbocycles. The lowest BCUT2D eigenvalue weighted by molar-refractivity contribution is -0.120. The zero-order valence-corrected chi connectivity index (χ0v) is 21.3. The molecule has 1 unspecified atom stereocenters. The standard InChI is InChI=1S/C25H27N3O3.C3H8O/c1-16-4-9-21-20(12-16)19-10-11-27(14-29)23(22(19)26-21)17-5-7-18(8-6-17)24(30)28-15-31-13-25(28,2)3;1-3-4-2/h4-9,12,14,23,26H,10-11,13,15H2,1-3H3;3H2,1-2H3. The highest BCUT2D eigenvalue weighted by molar-refractivity contribution is 5.95. The van der Waals surface area contributed by atoms with Crippen LogP contribution in [0.25, 0.3) is 10.9 Å². The molecule has 7 nitrogen and oxygen atoms in total. The molecule has 1 N–H and O–H groups in total. The maximum absolute atomic E-state index is 13.0. The van der Waals surface area contributed by atoms with Gasteiger partial charge in [0.2, 0.25) is 6.41 Å². The maximum Gasteiger partial charge on any atom is 0.256 e. The molecule has 2 amide bonds. The number of benzene rings is 2. The molecule has 0 spiro atoms. The Morgan fingerprint density at radius 2 is 1.94 bits per heavy atom. The van der Waals surface area contributed by atoms with Crippen LogP contribution in [0.4, 0.5) is 0 Å². The number of hydrogen-bond acceptors (Lipinski definition) is 4. The number of rotatable bonds is 4. The van der Waals surface area contributed by atoms with Crippen molar-refractivity contribution in [3.05, 3.63) is 70.4 Å². The summed E-state index contributed by atoms with van der Waals surface area (Å²) in [4.78, 5) is 32.0. The van der Waals surface area contributed by atoms with E-state index in [1.165, 1.54) is 16.5 Å². The topological polar surface area (TPSA) is 74.9 Å². The van der Waals surface area contributed by atoms with Crippen LogP contribution < -0.4 is 0 Å². The molecule has 1 aromatic heterocycles. The van der Waals surface area contributed by atoms with Gasteiger partial charge in [0.05, 0.1) is 18.2 Å². The Hall–Kier alpha value is -3.16. The molecule has 7 heteroatoms. The third-order valence-electron chi connectivity index (χ3n) is 6.87. The van der Waals surface area contributed by atoms with Gasteiger partial charge in [0.25, 0.3) is 5.91 Å². The Kier molecular flexibility index (Phi) is 7.28. The van der Waals surface area contributed by atoms with Crippen LogP contribution >= 0.6 is 0 Å². The molecular weight excluding hydrogens is 442 g/mol. The van der Waals surface area contributed by atoms with Gasteiger partial charge in [-0.3, -0.25) is 9.59 Å². The Morgan fingerprint density at radius 1 is 1.23 bits per heavy atom. The molecule has 0 radical (unpaired) electrons. The number of methoxy groups -OCH3 is 1. The molecule has 2 aliphatic rings. The highest BCUT2D eigenvalue weighted by Gasteiger charge is 2.37. The van der Waals surface area contributed by atoms with Gasteiger partial charge in [-0.15, -0.1) is 0 Å². The normalized spacial score (nSPS) is 18.7. The van der Waals surface area contributed by atoms with Crippen molar-refractivity contribution < 1.29 is 19.1 Å². The third kappa shape index (κ3) is 4.83. The van der Waals surface area contributed by atoms with Crippen molar-refractivity contribution in [1.82, 2.24) is 14.8 Å². The van der Waals surface area contributed by atoms with E-state index < -0.39 is 0 Å². The molecule has 35 heavy (non-hydrogen) atoms. The van der Waals surface area contributed by atoms with Crippen molar-refractivity contribution in [1.29, 1.82) is 0 Å². The maximum atomic E-state index is 13.0. The molecule has 186 valence electrons. The number of fused-ring (bicyclic) bond motifs is 3. The van der Waals surface area contributed by atoms with Crippen molar-refractivity contribution in [3.63, 3.8) is 0 Å². The third-order valence-corrected chi connectivity index (χ3v) is 6.87. The van der Waals surface area contributed by atoms with Crippen molar-refractivity contribution in [2.75, 3.05) is 33.6 Å². The van der Waals surface area contributed by atoms with Gasteiger partial charge in [-0.1, -0.05) is 23.8 Å². The van der Waals surface area contributed by atoms with Crippen molar-refractivity contribution >= 4 is 23.2 Å². The van der Waals surface area contributed by atoms with E-state index in [2.05, 4.69) is 34.8 Å². The van der Waals surface area contributed by atoms with Gasteiger partial charge in [0.1, 0.15) is 6.73 Å². The van der Waals surface area contributed by atoms with E-state index in [-0.39, 0.29) is 17.5 Å². The lowest BCUT2D eigenvalue weighted by Gasteiger charge is -2.33. The number of hydrogen-bond donors (Lipinski definition) is 1. The molecule has 1 atom stereocenters. The lowest BCUT2D eigenvalue weighted by atomic mass is 9.92. The van der Waals surface area contributed by atoms with E-state index in [9.17, 15) is 9.59 Å². The Labute approximate surface area is 207 Å². The molecule has 3 heterocycles. The molecular formula is C28H35N3O4. The highest BCUT2D eigenvalue weighted by atomic mass is 16.5. The number of H-pyrrole nitrogens is 1. The van der Waals surface area contributed by atoms with Crippen LogP contribution in [0.1, 0.15) is 59.6 Å². The van der Waals surface area contributed by atoms with Crippen LogP contribution in [-0.4, -0.2) is 66.2 Å². The first-order valence-corrected chi connectivity index (χ1v) is 12.1. The fourth-order valence-corrected chi connectivity index (χ4v) is 4.83. The predicted molar refractivity (Wildman–Crippen MR) is 136 cm³/mol. The van der Waals surface area contributed by atoms with Gasteiger partial charge in [-0.2, -0.15) is 0 Å². The largest absolute Gasteiger partial charge is 0.385 e. The van der Waals surface area contributed by atoms with Crippen LogP contribution in [0.3, 0.4) is 0 Å². The van der Waals surface area contributed by atoms with E-state index in [0.717, 1.165) is 36.2 Å². The van der Waals surface area contributed by atoms with Crippen LogP contribution in [0.2, 0.25) is 0 Å². The second kappa shape index (κ2) is 10.2. The quantitative estimate of drug-likeness (QED) is 0.564. The number of aromatic amines is 1. The first-order valence-electron chi connectivity index (χ1n) is 12.1. The molecule has 0 saturated carbocycles. The number of aryl methyl sites for hydroxylation is 1. The van der Waals surface area contributed by atoms with Gasteiger partial charge >= 0.3 is 0 Å². The molecule has 1 fully saturated rings. The zero-order valence-electron chi connectivity index (χ0n) is 21.3. The van der Waals surface area contributed by atoms with Crippen molar-refractivity contribution in [2.45, 2.75) is 45.7 Å². The summed E-state index contributed by atoms with van der Waals surface area (Å²) in [6, 6.07) is 13.9. The minimum atomic E-state index is -0.315. The average molecular weight is 478 g/mol. The second-order valence-electron chi connectivity index (χ2n) is 9.78. The average Bonchev–Trinajstić information content (AvgIpc) is 3.41. The Morgan fingerprint density at radius 3 is 2.54 bits per heavy atom. The number of nitrogens with zero attached hydrogens (tertiary/aromatic N) is 2. The summed E-state index contributed by atoms with van der Waals surface area (Å²) in [5, 5.41) is 1.23. The number of aromatic nitrogens is 1. The summed E-state index contributed by atoms with van der Waals surface area (Å²) in [6.07, 6.45) is 1.75. The summed E-state index contributed by atoms with van der Waals surface area (Å²) in [5.74, 6) is -0.0355. The summed E-state index contributed by atoms with van der Waals surface area (Å²) in [6.45, 7) is 10.4. The van der Waals surface area contributed by atoms with Crippen LogP contribution in [0.5, 0.6) is 0 Å². The Balaban J connectivity index is 0.000000672. The number of ether oxygens (including phenoxy) is 2. The zero-order chi connectivity index (χ0) is 25.2. The summed E-state index contributed by atoms with van der Waals surface area (Å²) in [7, 11) is 1.68. The minimum absolute atomic E-state index is 0.0355. The summed E-state index contributed by atoms with van der Waals surface area (Å²) < 4.78 is 10.0. The lowest BCUT2D eigenvalue weighted by Crippen LogP contribution is -2.44. The van der Waals surface area contributed by atoms with Crippen LogP contribution in [0, 0.1) is 6.92 Å². The van der Waals surface area contributed by atoms with E-state index in [0.29, 0.717) is 25.4 Å². The van der Waals surface area contributed by atoms with Gasteiger partial charge < -0.3 is 24.3 Å². The number of carbonyl (C=O) groups excluding carboxylic acids is 2. The monoisotopic (exact) mass is 477 g/mol. The minimum Gasteiger partial charge on any atom is -0.385 e. The number of carbonyl (C=O) groups is 2. The summed E-state index contributed by atoms with van der Waals surface area (Å²) in [5.41, 5.74) is 5.96. The van der Waals surface area contributed by atoms with E-state index >= 15 is 0 Å². The molecule has 5 rings (SSSR count). The van der Waals surface area contributed by atoms with E-state index in [1.807, 2.05) is 49.9 Å². The molecule has 0 aliphatic carbocycles. The fourth-order valence-electron chi connectivity index (χ4n) is 4.83. The van der Waals surface area contributed by atoms with Crippen molar-refractivity contribution in [2.24, 2.45) is 0 Å². The van der Waals surface area contributed by atoms with E-state index in [4.69, 9.17) is 4.74 Å². The smallest absolute Gasteiger partial charge is 0.256 e. The second-order valence-corrected chi connectivity index (χ2v) is 9.78.